The second kappa shape index (κ2) is 9.38. The summed E-state index contributed by atoms with van der Waals surface area (Å²) in [5.74, 6) is 1.61. The van der Waals surface area contributed by atoms with Crippen LogP contribution in [0.1, 0.15) is 58.9 Å². The van der Waals surface area contributed by atoms with Gasteiger partial charge in [0.2, 0.25) is 0 Å². The predicted molar refractivity (Wildman–Crippen MR) is 102 cm³/mol. The number of rotatable bonds is 7. The molecular formula is C22H36NO2+. The molecule has 1 aliphatic carbocycles. The molecule has 0 bridgehead atoms. The van der Waals surface area contributed by atoms with E-state index in [-0.39, 0.29) is 24.0 Å². The molecule has 1 saturated carbocycles. The highest BCUT2D eigenvalue weighted by Gasteiger charge is 2.34. The molecule has 0 amide bonds. The monoisotopic (exact) mass is 346 g/mol. The van der Waals surface area contributed by atoms with Crippen molar-refractivity contribution in [2.24, 2.45) is 23.7 Å². The number of carbonyl (C=O) groups excluding carboxylic acids is 1. The minimum atomic E-state index is -0.0868. The van der Waals surface area contributed by atoms with Crippen molar-refractivity contribution < 1.29 is 15.3 Å². The lowest BCUT2D eigenvalue weighted by molar-refractivity contribution is -0.422. The lowest BCUT2D eigenvalue weighted by atomic mass is 9.75. The summed E-state index contributed by atoms with van der Waals surface area (Å²) in [6.45, 7) is 8.75. The molecule has 1 fully saturated rings. The van der Waals surface area contributed by atoms with Crippen molar-refractivity contribution in [1.82, 2.24) is 0 Å². The van der Waals surface area contributed by atoms with E-state index >= 15 is 0 Å². The van der Waals surface area contributed by atoms with Gasteiger partial charge in [-0.3, -0.25) is 4.79 Å². The number of ether oxygens (including phenoxy) is 1. The fourth-order valence-electron chi connectivity index (χ4n) is 4.14. The molecular weight excluding hydrogens is 310 g/mol. The third-order valence-electron chi connectivity index (χ3n) is 5.69. The Morgan fingerprint density at radius 3 is 2.52 bits per heavy atom. The summed E-state index contributed by atoms with van der Waals surface area (Å²) < 4.78 is 5.98. The molecule has 0 spiro atoms. The van der Waals surface area contributed by atoms with E-state index in [0.717, 1.165) is 19.3 Å². The maximum absolute atomic E-state index is 12.6. The number of esters is 1. The number of quaternary nitrogens is 1. The SMILES string of the molecule is CC(C)[C@@H]1CC[C@@H](C)C[C@H]1OC(=O)[C@@H](C)C[C@@H]([NH3+])Cc1ccccc1. The number of hydrogen-bond donors (Lipinski definition) is 1. The predicted octanol–water partition coefficient (Wildman–Crippen LogP) is 3.87. The molecule has 25 heavy (non-hydrogen) atoms. The van der Waals surface area contributed by atoms with E-state index in [9.17, 15) is 4.79 Å². The van der Waals surface area contributed by atoms with Gasteiger partial charge in [-0.2, -0.15) is 0 Å². The van der Waals surface area contributed by atoms with E-state index in [1.54, 1.807) is 0 Å². The van der Waals surface area contributed by atoms with Crippen LogP contribution in [0.25, 0.3) is 0 Å². The van der Waals surface area contributed by atoms with Crippen molar-refractivity contribution in [3.8, 4) is 0 Å². The summed E-state index contributed by atoms with van der Waals surface area (Å²) in [6, 6.07) is 10.6. The molecule has 140 valence electrons. The van der Waals surface area contributed by atoms with Crippen LogP contribution < -0.4 is 5.73 Å². The van der Waals surface area contributed by atoms with Crippen LogP contribution >= 0.6 is 0 Å². The van der Waals surface area contributed by atoms with Crippen molar-refractivity contribution in [3.63, 3.8) is 0 Å². The standard InChI is InChI=1S/C22H35NO2/c1-15(2)20-11-10-16(3)12-21(20)25-22(24)17(4)13-19(23)14-18-8-6-5-7-9-18/h5-9,15-17,19-21H,10-14,23H2,1-4H3/p+1/t16-,17+,19-,20+,21-/m1/s1. The highest BCUT2D eigenvalue weighted by Crippen LogP contribution is 2.35. The van der Waals surface area contributed by atoms with Gasteiger partial charge in [0.15, 0.2) is 0 Å². The third kappa shape index (κ3) is 6.14. The van der Waals surface area contributed by atoms with E-state index in [0.29, 0.717) is 17.8 Å². The summed E-state index contributed by atoms with van der Waals surface area (Å²) in [5, 5.41) is 0. The fraction of sp³-hybridized carbons (Fsp3) is 0.682. The average Bonchev–Trinajstić information content (AvgIpc) is 2.55. The molecule has 0 aliphatic heterocycles. The second-order valence-corrected chi connectivity index (χ2v) is 8.49. The molecule has 1 aliphatic rings. The van der Waals surface area contributed by atoms with Crippen LogP contribution in [0.4, 0.5) is 0 Å². The number of carbonyl (C=O) groups is 1. The first kappa shape index (κ1) is 20.0. The van der Waals surface area contributed by atoms with Gasteiger partial charge in [0.05, 0.1) is 12.0 Å². The Labute approximate surface area is 153 Å². The summed E-state index contributed by atoms with van der Waals surface area (Å²) >= 11 is 0. The van der Waals surface area contributed by atoms with Crippen molar-refractivity contribution in [2.45, 2.75) is 71.9 Å². The fourth-order valence-corrected chi connectivity index (χ4v) is 4.14. The first-order valence-corrected chi connectivity index (χ1v) is 9.94. The lowest BCUT2D eigenvalue weighted by Crippen LogP contribution is -2.62. The van der Waals surface area contributed by atoms with Gasteiger partial charge < -0.3 is 10.5 Å². The first-order valence-electron chi connectivity index (χ1n) is 9.94. The molecule has 0 unspecified atom stereocenters. The van der Waals surface area contributed by atoms with Crippen LogP contribution in [0.15, 0.2) is 30.3 Å². The summed E-state index contributed by atoms with van der Waals surface area (Å²) in [5.41, 5.74) is 5.53. The summed E-state index contributed by atoms with van der Waals surface area (Å²) in [4.78, 5) is 12.6. The average molecular weight is 347 g/mol. The van der Waals surface area contributed by atoms with Crippen molar-refractivity contribution >= 4 is 5.97 Å². The van der Waals surface area contributed by atoms with Crippen LogP contribution in [0.3, 0.4) is 0 Å². The van der Waals surface area contributed by atoms with Crippen LogP contribution in [0.5, 0.6) is 0 Å². The number of benzene rings is 1. The van der Waals surface area contributed by atoms with Gasteiger partial charge in [-0.25, -0.2) is 0 Å². The molecule has 1 aromatic rings. The zero-order chi connectivity index (χ0) is 18.4. The summed E-state index contributed by atoms with van der Waals surface area (Å²) in [6.07, 6.45) is 5.23. The molecule has 0 radical (unpaired) electrons. The van der Waals surface area contributed by atoms with Crippen molar-refractivity contribution in [1.29, 1.82) is 0 Å². The maximum Gasteiger partial charge on any atom is 0.309 e. The van der Waals surface area contributed by atoms with Crippen LogP contribution in [0.2, 0.25) is 0 Å². The maximum atomic E-state index is 12.6. The highest BCUT2D eigenvalue weighted by atomic mass is 16.5. The van der Waals surface area contributed by atoms with Crippen LogP contribution in [-0.4, -0.2) is 18.1 Å². The van der Waals surface area contributed by atoms with Gasteiger partial charge in [-0.15, -0.1) is 0 Å². The van der Waals surface area contributed by atoms with Gasteiger partial charge in [0, 0.05) is 12.8 Å². The van der Waals surface area contributed by atoms with E-state index in [4.69, 9.17) is 4.74 Å². The highest BCUT2D eigenvalue weighted by molar-refractivity contribution is 5.72. The molecule has 5 atom stereocenters. The van der Waals surface area contributed by atoms with E-state index in [1.807, 2.05) is 13.0 Å². The van der Waals surface area contributed by atoms with Gasteiger partial charge in [-0.05, 0) is 36.2 Å². The van der Waals surface area contributed by atoms with Gasteiger partial charge in [0.25, 0.3) is 0 Å². The number of hydrogen-bond acceptors (Lipinski definition) is 2. The lowest BCUT2D eigenvalue weighted by Gasteiger charge is -2.37. The second-order valence-electron chi connectivity index (χ2n) is 8.49. The Morgan fingerprint density at radius 2 is 1.88 bits per heavy atom. The van der Waals surface area contributed by atoms with Crippen molar-refractivity contribution in [3.05, 3.63) is 35.9 Å². The minimum absolute atomic E-state index is 0.0357. The van der Waals surface area contributed by atoms with Crippen LogP contribution in [0, 0.1) is 23.7 Å². The normalized spacial score (nSPS) is 26.2. The van der Waals surface area contributed by atoms with Gasteiger partial charge in [-0.1, -0.05) is 64.4 Å². The smallest absolute Gasteiger partial charge is 0.309 e. The largest absolute Gasteiger partial charge is 0.462 e. The topological polar surface area (TPSA) is 53.9 Å². The zero-order valence-electron chi connectivity index (χ0n) is 16.4. The molecule has 3 heteroatoms. The molecule has 0 aromatic heterocycles. The molecule has 0 heterocycles. The third-order valence-corrected chi connectivity index (χ3v) is 5.69. The van der Waals surface area contributed by atoms with Crippen LogP contribution in [-0.2, 0) is 16.0 Å². The molecule has 1 aromatic carbocycles. The molecule has 3 nitrogen and oxygen atoms in total. The van der Waals surface area contributed by atoms with E-state index in [1.165, 1.54) is 18.4 Å². The minimum Gasteiger partial charge on any atom is -0.462 e. The Morgan fingerprint density at radius 1 is 1.20 bits per heavy atom. The Kier molecular flexibility index (Phi) is 7.49. The first-order chi connectivity index (χ1) is 11.9. The molecule has 3 N–H and O–H groups in total. The Bertz CT molecular complexity index is 528. The Balaban J connectivity index is 1.86. The Hall–Kier alpha value is -1.35. The summed E-state index contributed by atoms with van der Waals surface area (Å²) in [7, 11) is 0. The molecule has 2 rings (SSSR count). The van der Waals surface area contributed by atoms with Crippen molar-refractivity contribution in [2.75, 3.05) is 0 Å². The quantitative estimate of drug-likeness (QED) is 0.762. The van der Waals surface area contributed by atoms with Gasteiger partial charge >= 0.3 is 5.97 Å². The van der Waals surface area contributed by atoms with E-state index in [2.05, 4.69) is 50.8 Å². The zero-order valence-corrected chi connectivity index (χ0v) is 16.4. The van der Waals surface area contributed by atoms with Gasteiger partial charge in [0.1, 0.15) is 6.10 Å². The molecule has 0 saturated heterocycles. The van der Waals surface area contributed by atoms with E-state index < -0.39 is 0 Å².